The third kappa shape index (κ3) is 3.01. The van der Waals surface area contributed by atoms with Gasteiger partial charge in [-0.2, -0.15) is 0 Å². The minimum Gasteiger partial charge on any atom is -0.309 e. The largest absolute Gasteiger partial charge is 0.309 e. The quantitative estimate of drug-likeness (QED) is 0.181. The van der Waals surface area contributed by atoms with Gasteiger partial charge in [0.25, 0.3) is 0 Å². The van der Waals surface area contributed by atoms with E-state index in [-0.39, 0.29) is 5.41 Å². The van der Waals surface area contributed by atoms with Crippen molar-refractivity contribution in [2.45, 2.75) is 24.7 Å². The van der Waals surface area contributed by atoms with Gasteiger partial charge >= 0.3 is 0 Å². The molecule has 0 saturated heterocycles. The molecular formula is C52H36N2. The molecule has 0 aliphatic heterocycles. The Morgan fingerprint density at radius 2 is 1.11 bits per heavy atom. The predicted molar refractivity (Wildman–Crippen MR) is 221 cm³/mol. The van der Waals surface area contributed by atoms with Crippen LogP contribution >= 0.6 is 0 Å². The number of hydrogen-bond donors (Lipinski definition) is 0. The first-order chi connectivity index (χ1) is 26.8. The SMILES string of the molecule is c1ccc(-c2cc(-n3c4ccccc4c4c5ccccc5c5c(c43)C3(c4ccc6ccccc6c4-5)C4CC5CC6CC3C564)cc(-c3ccccc3)n2)cc1. The van der Waals surface area contributed by atoms with Gasteiger partial charge in [0, 0.05) is 27.3 Å². The minimum atomic E-state index is 0.0219. The molecule has 7 aromatic carbocycles. The van der Waals surface area contributed by atoms with Gasteiger partial charge in [0.05, 0.1) is 28.1 Å². The van der Waals surface area contributed by atoms with Gasteiger partial charge in [-0.15, -0.1) is 0 Å². The summed E-state index contributed by atoms with van der Waals surface area (Å²) in [6, 6.07) is 58.9. The number of para-hydroxylation sites is 1. The number of benzene rings is 7. The number of pyridine rings is 1. The molecule has 0 radical (unpaired) electrons. The van der Waals surface area contributed by atoms with E-state index in [1.807, 2.05) is 0 Å². The number of hydrogen-bond acceptors (Lipinski definition) is 1. The number of aromatic nitrogens is 2. The van der Waals surface area contributed by atoms with Crippen molar-refractivity contribution >= 4 is 43.4 Å². The fourth-order valence-electron chi connectivity index (χ4n) is 13.6. The van der Waals surface area contributed by atoms with Crippen molar-refractivity contribution in [2.24, 2.45) is 29.1 Å². The molecule has 9 aromatic rings. The average Bonchev–Trinajstić information content (AvgIpc) is 3.72. The second kappa shape index (κ2) is 9.56. The van der Waals surface area contributed by atoms with Gasteiger partial charge in [0.1, 0.15) is 0 Å². The van der Waals surface area contributed by atoms with E-state index in [9.17, 15) is 0 Å². The van der Waals surface area contributed by atoms with E-state index in [1.54, 1.807) is 11.1 Å². The Balaban J connectivity index is 1.19. The first-order valence-corrected chi connectivity index (χ1v) is 19.9. The molecule has 254 valence electrons. The Bertz CT molecular complexity index is 3040. The second-order valence-electron chi connectivity index (χ2n) is 17.0. The monoisotopic (exact) mass is 688 g/mol. The lowest BCUT2D eigenvalue weighted by molar-refractivity contribution is -0.412. The molecule has 54 heavy (non-hydrogen) atoms. The van der Waals surface area contributed by atoms with Crippen molar-refractivity contribution in [3.05, 3.63) is 169 Å². The number of nitrogens with zero attached hydrogens (tertiary/aromatic N) is 2. The lowest BCUT2D eigenvalue weighted by Crippen LogP contribution is -2.88. The Hall–Kier alpha value is -5.99. The van der Waals surface area contributed by atoms with Crippen LogP contribution in [-0.4, -0.2) is 9.55 Å². The second-order valence-corrected chi connectivity index (χ2v) is 17.0. The standard InChI is InChI=1S/C52H36N2/c1-3-14-31(15-4-1)41-28-35(29-42(53-41)32-16-5-2-6-17-32)54-43-22-12-11-21-39(43)46-37-19-9-10-20-38(37)48-47-36-18-8-7-13-30(36)23-24-40(47)52(49(48)50(46)54)44-26-33-25-34-27-45(52)51(33,34)44/h1-24,28-29,33-34,44-45H,25-27H2. The van der Waals surface area contributed by atoms with E-state index in [4.69, 9.17) is 4.98 Å². The summed E-state index contributed by atoms with van der Waals surface area (Å²) < 4.78 is 2.67. The lowest BCUT2D eigenvalue weighted by atomic mass is 9.11. The third-order valence-electron chi connectivity index (χ3n) is 15.4. The van der Waals surface area contributed by atoms with Crippen molar-refractivity contribution in [1.82, 2.24) is 9.55 Å². The van der Waals surface area contributed by atoms with Gasteiger partial charge in [-0.1, -0.05) is 140 Å². The highest BCUT2D eigenvalue weighted by Gasteiger charge is 2.90. The summed E-state index contributed by atoms with van der Waals surface area (Å²) in [6.45, 7) is 0. The van der Waals surface area contributed by atoms with Crippen LogP contribution in [0.25, 0.3) is 82.7 Å². The van der Waals surface area contributed by atoms with Gasteiger partial charge in [-0.3, -0.25) is 0 Å². The molecule has 4 atom stereocenters. The summed E-state index contributed by atoms with van der Waals surface area (Å²) in [5, 5.41) is 8.24. The molecule has 5 aliphatic carbocycles. The lowest BCUT2D eigenvalue weighted by Gasteiger charge is -2.92. The smallest absolute Gasteiger partial charge is 0.0730 e. The molecule has 2 heterocycles. The summed E-state index contributed by atoms with van der Waals surface area (Å²) in [5.41, 5.74) is 15.0. The van der Waals surface area contributed by atoms with E-state index in [2.05, 4.69) is 162 Å². The van der Waals surface area contributed by atoms with Gasteiger partial charge in [-0.25, -0.2) is 4.98 Å². The molecule has 4 unspecified atom stereocenters. The van der Waals surface area contributed by atoms with E-state index in [0.29, 0.717) is 17.3 Å². The van der Waals surface area contributed by atoms with E-state index in [0.717, 1.165) is 34.4 Å². The van der Waals surface area contributed by atoms with Gasteiger partial charge in [0.15, 0.2) is 0 Å². The number of rotatable bonds is 3. The molecule has 2 heteroatoms. The Labute approximate surface area is 313 Å². The third-order valence-corrected chi connectivity index (χ3v) is 15.4. The highest BCUT2D eigenvalue weighted by molar-refractivity contribution is 6.28. The molecule has 0 N–H and O–H groups in total. The predicted octanol–water partition coefficient (Wildman–Crippen LogP) is 12.8. The van der Waals surface area contributed by atoms with Gasteiger partial charge in [0.2, 0.25) is 0 Å². The Kier molecular flexibility index (Phi) is 5.05. The highest BCUT2D eigenvalue weighted by atomic mass is 15.0. The van der Waals surface area contributed by atoms with Crippen LogP contribution in [0.2, 0.25) is 0 Å². The van der Waals surface area contributed by atoms with Crippen LogP contribution in [-0.2, 0) is 5.41 Å². The Morgan fingerprint density at radius 1 is 0.519 bits per heavy atom. The fourth-order valence-corrected chi connectivity index (χ4v) is 13.6. The molecule has 0 bridgehead atoms. The summed E-state index contributed by atoms with van der Waals surface area (Å²) >= 11 is 0. The summed E-state index contributed by atoms with van der Waals surface area (Å²) in [5.74, 6) is 3.30. The zero-order chi connectivity index (χ0) is 34.9. The fraction of sp³-hybridized carbons (Fsp3) is 0.173. The summed E-state index contributed by atoms with van der Waals surface area (Å²) in [4.78, 5) is 5.35. The van der Waals surface area contributed by atoms with E-state index >= 15 is 0 Å². The normalized spacial score (nSPS) is 26.4. The van der Waals surface area contributed by atoms with Crippen LogP contribution in [0.3, 0.4) is 0 Å². The first-order valence-electron chi connectivity index (χ1n) is 19.9. The molecule has 2 nitrogen and oxygen atoms in total. The molecular weight excluding hydrogens is 653 g/mol. The number of fused-ring (bicyclic) bond motifs is 16. The van der Waals surface area contributed by atoms with E-state index in [1.165, 1.54) is 79.4 Å². The maximum Gasteiger partial charge on any atom is 0.0730 e. The van der Waals surface area contributed by atoms with Gasteiger partial charge in [-0.05, 0) is 110 Å². The highest BCUT2D eigenvalue weighted by Crippen LogP contribution is 2.95. The maximum absolute atomic E-state index is 5.35. The zero-order valence-corrected chi connectivity index (χ0v) is 29.8. The maximum atomic E-state index is 5.35. The zero-order valence-electron chi connectivity index (χ0n) is 29.8. The molecule has 2 aromatic heterocycles. The topological polar surface area (TPSA) is 17.8 Å². The molecule has 4 fully saturated rings. The Morgan fingerprint density at radius 3 is 1.80 bits per heavy atom. The molecule has 0 amide bonds. The van der Waals surface area contributed by atoms with Crippen molar-refractivity contribution < 1.29 is 0 Å². The summed E-state index contributed by atoms with van der Waals surface area (Å²) in [7, 11) is 0. The van der Waals surface area contributed by atoms with Crippen molar-refractivity contribution in [3.8, 4) is 39.3 Å². The van der Waals surface area contributed by atoms with E-state index < -0.39 is 0 Å². The minimum absolute atomic E-state index is 0.0219. The van der Waals surface area contributed by atoms with Crippen LogP contribution in [0.1, 0.15) is 30.4 Å². The first kappa shape index (κ1) is 28.5. The molecule has 4 saturated carbocycles. The molecule has 5 aliphatic rings. The molecule has 2 spiro atoms. The van der Waals surface area contributed by atoms with Crippen LogP contribution in [0.5, 0.6) is 0 Å². The van der Waals surface area contributed by atoms with Crippen LogP contribution in [0.4, 0.5) is 0 Å². The summed E-state index contributed by atoms with van der Waals surface area (Å²) in [6.07, 6.45) is 4.22. The van der Waals surface area contributed by atoms with Crippen LogP contribution < -0.4 is 0 Å². The van der Waals surface area contributed by atoms with Gasteiger partial charge < -0.3 is 4.57 Å². The van der Waals surface area contributed by atoms with Crippen molar-refractivity contribution in [2.75, 3.05) is 0 Å². The molecule has 14 rings (SSSR count). The van der Waals surface area contributed by atoms with Crippen molar-refractivity contribution in [1.29, 1.82) is 0 Å². The van der Waals surface area contributed by atoms with Crippen LogP contribution in [0.15, 0.2) is 158 Å². The van der Waals surface area contributed by atoms with Crippen LogP contribution in [0, 0.1) is 29.1 Å². The average molecular weight is 689 g/mol. The van der Waals surface area contributed by atoms with Crippen molar-refractivity contribution in [3.63, 3.8) is 0 Å².